The Kier molecular flexibility index (Phi) is 3.72. The lowest BCUT2D eigenvalue weighted by Crippen LogP contribution is -2.38. The average Bonchev–Trinajstić information content (AvgIpc) is 3.12. The summed E-state index contributed by atoms with van der Waals surface area (Å²) >= 11 is 0. The van der Waals surface area contributed by atoms with Crippen molar-refractivity contribution >= 4 is 5.91 Å². The van der Waals surface area contributed by atoms with Crippen LogP contribution < -0.4 is 5.32 Å². The van der Waals surface area contributed by atoms with Gasteiger partial charge in [0.2, 0.25) is 5.91 Å². The van der Waals surface area contributed by atoms with Crippen LogP contribution in [0.4, 0.5) is 0 Å². The largest absolute Gasteiger partial charge is 0.392 e. The third-order valence-corrected chi connectivity index (χ3v) is 4.57. The van der Waals surface area contributed by atoms with Gasteiger partial charge in [0.1, 0.15) is 0 Å². The van der Waals surface area contributed by atoms with Gasteiger partial charge in [0.15, 0.2) is 0 Å². The molecular weight excluding hydrogens is 238 g/mol. The Hall–Kier alpha value is -0.570. The molecule has 0 bridgehead atoms. The minimum absolute atomic E-state index is 0.0557. The number of nitrogens with one attached hydrogen (secondary N) is 1. The standard InChI is InChI=1S/C16H29NO2/c1-15(2,3)13(18)12-8-10(12)9-16(4,5)14(19)17-11-6-7-11/h10-13,18H,6-9H2,1-5H3,(H,17,19). The monoisotopic (exact) mass is 267 g/mol. The summed E-state index contributed by atoms with van der Waals surface area (Å²) in [4.78, 5) is 12.2. The van der Waals surface area contributed by atoms with Crippen LogP contribution in [0.3, 0.4) is 0 Å². The van der Waals surface area contributed by atoms with Gasteiger partial charge in [0, 0.05) is 11.5 Å². The Labute approximate surface area is 117 Å². The number of hydrogen-bond donors (Lipinski definition) is 2. The van der Waals surface area contributed by atoms with Crippen molar-refractivity contribution < 1.29 is 9.90 Å². The van der Waals surface area contributed by atoms with Crippen molar-refractivity contribution in [1.29, 1.82) is 0 Å². The SMILES string of the molecule is CC(C)(CC1CC1C(O)C(C)(C)C)C(=O)NC1CC1. The van der Waals surface area contributed by atoms with Crippen LogP contribution in [0.5, 0.6) is 0 Å². The fourth-order valence-electron chi connectivity index (χ4n) is 2.89. The maximum absolute atomic E-state index is 12.2. The summed E-state index contributed by atoms with van der Waals surface area (Å²) in [6.07, 6.45) is 3.98. The molecule has 19 heavy (non-hydrogen) atoms. The summed E-state index contributed by atoms with van der Waals surface area (Å²) in [5, 5.41) is 13.4. The molecule has 3 atom stereocenters. The first-order valence-corrected chi connectivity index (χ1v) is 7.60. The van der Waals surface area contributed by atoms with E-state index >= 15 is 0 Å². The lowest BCUT2D eigenvalue weighted by atomic mass is 9.82. The number of carbonyl (C=O) groups is 1. The van der Waals surface area contributed by atoms with Crippen molar-refractivity contribution in [2.75, 3.05) is 0 Å². The number of hydrogen-bond acceptors (Lipinski definition) is 2. The highest BCUT2D eigenvalue weighted by atomic mass is 16.3. The molecule has 2 fully saturated rings. The summed E-state index contributed by atoms with van der Waals surface area (Å²) in [5.74, 6) is 1.08. The predicted octanol–water partition coefficient (Wildman–Crippen LogP) is 2.72. The second kappa shape index (κ2) is 4.76. The van der Waals surface area contributed by atoms with Gasteiger partial charge in [-0.2, -0.15) is 0 Å². The van der Waals surface area contributed by atoms with Crippen LogP contribution in [0.1, 0.15) is 60.3 Å². The lowest BCUT2D eigenvalue weighted by molar-refractivity contribution is -0.130. The fraction of sp³-hybridized carbons (Fsp3) is 0.938. The quantitative estimate of drug-likeness (QED) is 0.804. The number of aliphatic hydroxyl groups is 1. The molecule has 110 valence electrons. The van der Waals surface area contributed by atoms with Crippen LogP contribution in [-0.4, -0.2) is 23.2 Å². The van der Waals surface area contributed by atoms with Crippen LogP contribution in [-0.2, 0) is 4.79 Å². The van der Waals surface area contributed by atoms with E-state index in [2.05, 4.69) is 26.1 Å². The van der Waals surface area contributed by atoms with Crippen LogP contribution in [0, 0.1) is 22.7 Å². The Bertz CT molecular complexity index is 352. The predicted molar refractivity (Wildman–Crippen MR) is 76.6 cm³/mol. The molecule has 2 aliphatic carbocycles. The van der Waals surface area contributed by atoms with Crippen molar-refractivity contribution in [3.63, 3.8) is 0 Å². The van der Waals surface area contributed by atoms with E-state index in [0.29, 0.717) is 17.9 Å². The molecule has 2 rings (SSSR count). The molecule has 0 aromatic rings. The molecular formula is C16H29NO2. The first kappa shape index (κ1) is 14.8. The minimum atomic E-state index is -0.306. The van der Waals surface area contributed by atoms with E-state index in [0.717, 1.165) is 25.7 Å². The van der Waals surface area contributed by atoms with E-state index in [1.807, 2.05) is 13.8 Å². The van der Waals surface area contributed by atoms with Crippen molar-refractivity contribution in [3.8, 4) is 0 Å². The maximum atomic E-state index is 12.2. The topological polar surface area (TPSA) is 49.3 Å². The molecule has 0 radical (unpaired) electrons. The molecule has 0 aromatic carbocycles. The van der Waals surface area contributed by atoms with Gasteiger partial charge in [-0.15, -0.1) is 0 Å². The maximum Gasteiger partial charge on any atom is 0.225 e. The number of amides is 1. The molecule has 0 heterocycles. The molecule has 2 aliphatic rings. The molecule has 0 saturated heterocycles. The third kappa shape index (κ3) is 3.71. The Morgan fingerprint density at radius 3 is 2.32 bits per heavy atom. The molecule has 2 N–H and O–H groups in total. The summed E-state index contributed by atoms with van der Waals surface area (Å²) in [6.45, 7) is 10.3. The van der Waals surface area contributed by atoms with Crippen LogP contribution in [0.25, 0.3) is 0 Å². The van der Waals surface area contributed by atoms with E-state index in [9.17, 15) is 9.90 Å². The van der Waals surface area contributed by atoms with Crippen molar-refractivity contribution in [2.24, 2.45) is 22.7 Å². The van der Waals surface area contributed by atoms with E-state index in [1.165, 1.54) is 0 Å². The van der Waals surface area contributed by atoms with Gasteiger partial charge >= 0.3 is 0 Å². The molecule has 2 saturated carbocycles. The van der Waals surface area contributed by atoms with Crippen LogP contribution in [0.15, 0.2) is 0 Å². The Balaban J connectivity index is 1.83. The fourth-order valence-corrected chi connectivity index (χ4v) is 2.89. The molecule has 1 amide bonds. The zero-order chi connectivity index (χ0) is 14.4. The van der Waals surface area contributed by atoms with Crippen molar-refractivity contribution in [3.05, 3.63) is 0 Å². The molecule has 3 heteroatoms. The second-order valence-electron chi connectivity index (χ2n) is 8.31. The smallest absolute Gasteiger partial charge is 0.225 e. The van der Waals surface area contributed by atoms with Gasteiger partial charge in [-0.05, 0) is 42.9 Å². The second-order valence-corrected chi connectivity index (χ2v) is 8.31. The molecule has 0 spiro atoms. The number of rotatable bonds is 5. The van der Waals surface area contributed by atoms with Crippen LogP contribution in [0.2, 0.25) is 0 Å². The number of aliphatic hydroxyl groups excluding tert-OH is 1. The zero-order valence-electron chi connectivity index (χ0n) is 13.0. The lowest BCUT2D eigenvalue weighted by Gasteiger charge is -2.28. The highest BCUT2D eigenvalue weighted by molar-refractivity contribution is 5.82. The highest BCUT2D eigenvalue weighted by Crippen LogP contribution is 2.51. The first-order valence-electron chi connectivity index (χ1n) is 7.60. The summed E-state index contributed by atoms with van der Waals surface area (Å²) < 4.78 is 0. The van der Waals surface area contributed by atoms with E-state index < -0.39 is 0 Å². The average molecular weight is 267 g/mol. The van der Waals surface area contributed by atoms with E-state index in [-0.39, 0.29) is 22.8 Å². The van der Waals surface area contributed by atoms with Crippen molar-refractivity contribution in [1.82, 2.24) is 5.32 Å². The van der Waals surface area contributed by atoms with Gasteiger partial charge in [-0.1, -0.05) is 34.6 Å². The molecule has 3 unspecified atom stereocenters. The minimum Gasteiger partial charge on any atom is -0.392 e. The van der Waals surface area contributed by atoms with Gasteiger partial charge in [0.25, 0.3) is 0 Å². The van der Waals surface area contributed by atoms with E-state index in [4.69, 9.17) is 0 Å². The van der Waals surface area contributed by atoms with E-state index in [1.54, 1.807) is 0 Å². The summed E-state index contributed by atoms with van der Waals surface area (Å²) in [6, 6.07) is 0.432. The first-order chi connectivity index (χ1) is 8.61. The number of carbonyl (C=O) groups excluding carboxylic acids is 1. The van der Waals surface area contributed by atoms with Crippen molar-refractivity contribution in [2.45, 2.75) is 72.4 Å². The zero-order valence-corrected chi connectivity index (χ0v) is 13.0. The van der Waals surface area contributed by atoms with Gasteiger partial charge in [-0.25, -0.2) is 0 Å². The molecule has 0 aromatic heterocycles. The third-order valence-electron chi connectivity index (χ3n) is 4.57. The van der Waals surface area contributed by atoms with Crippen LogP contribution >= 0.6 is 0 Å². The highest BCUT2D eigenvalue weighted by Gasteiger charge is 2.49. The van der Waals surface area contributed by atoms with Gasteiger partial charge < -0.3 is 10.4 Å². The Morgan fingerprint density at radius 2 is 1.84 bits per heavy atom. The normalized spacial score (nSPS) is 28.9. The van der Waals surface area contributed by atoms with Gasteiger partial charge in [-0.3, -0.25) is 4.79 Å². The van der Waals surface area contributed by atoms with Gasteiger partial charge in [0.05, 0.1) is 6.10 Å². The summed E-state index contributed by atoms with van der Waals surface area (Å²) in [5.41, 5.74) is -0.362. The summed E-state index contributed by atoms with van der Waals surface area (Å²) in [7, 11) is 0. The molecule has 3 nitrogen and oxygen atoms in total. The Morgan fingerprint density at radius 1 is 1.26 bits per heavy atom. The molecule has 0 aliphatic heterocycles.